The second-order valence-electron chi connectivity index (χ2n) is 35.7. The number of benzene rings is 20. The van der Waals surface area contributed by atoms with Crippen molar-refractivity contribution in [1.82, 2.24) is 8.80 Å². The molecule has 1 aliphatic carbocycles. The highest BCUT2D eigenvalue weighted by Gasteiger charge is 2.37. The van der Waals surface area contributed by atoms with Crippen LogP contribution < -0.4 is 9.80 Å². The van der Waals surface area contributed by atoms with Gasteiger partial charge in [-0.25, -0.2) is 0 Å². The molecule has 27 aromatic rings. The molecule has 0 radical (unpaired) electrons. The van der Waals surface area contributed by atoms with Crippen molar-refractivity contribution in [2.75, 3.05) is 9.80 Å². The fourth-order valence-corrected chi connectivity index (χ4v) is 23.8. The number of rotatable bonds is 13. The third-order valence-corrected chi connectivity index (χ3v) is 30.1. The summed E-state index contributed by atoms with van der Waals surface area (Å²) in [4.78, 5) is 7.23. The Morgan fingerprint density at radius 2 is 0.634 bits per heavy atom. The summed E-state index contributed by atoms with van der Waals surface area (Å²) in [6, 6.07) is 162. The zero-order valence-electron chi connectivity index (χ0n) is 73.1. The monoisotopic (exact) mass is 1750 g/mol. The molecule has 0 amide bonds. The number of para-hydroxylation sites is 4. The van der Waals surface area contributed by atoms with E-state index in [9.17, 15) is 0 Å². The summed E-state index contributed by atoms with van der Waals surface area (Å²) in [5.74, 6) is 0. The van der Waals surface area contributed by atoms with Crippen molar-refractivity contribution in [1.29, 1.82) is 0 Å². The number of hydrogen-bond acceptors (Lipinski definition) is 7. The van der Waals surface area contributed by atoms with E-state index >= 15 is 0 Å². The Kier molecular flexibility index (Phi) is 17.7. The molecule has 9 heteroatoms. The molecular weight excluding hydrogens is 1670 g/mol. The van der Waals surface area contributed by atoms with Crippen molar-refractivity contribution in [2.45, 2.75) is 19.3 Å². The minimum atomic E-state index is -0.246. The number of fused-ring (bicyclic) bond motifs is 24. The first-order valence-corrected chi connectivity index (χ1v) is 47.4. The molecule has 28 rings (SSSR count). The highest BCUT2D eigenvalue weighted by atomic mass is 32.1. The molecule has 0 saturated carbocycles. The zero-order chi connectivity index (χ0) is 88.4. The van der Waals surface area contributed by atoms with Gasteiger partial charge < -0.3 is 23.1 Å². The van der Waals surface area contributed by atoms with Gasteiger partial charge in [-0.2, -0.15) is 0 Å². The van der Waals surface area contributed by atoms with Gasteiger partial charge in [0, 0.05) is 100 Å². The molecule has 7 aromatic heterocycles. The van der Waals surface area contributed by atoms with E-state index in [4.69, 9.17) is 13.3 Å². The summed E-state index contributed by atoms with van der Waals surface area (Å²) >= 11 is 3.73. The normalized spacial score (nSPS) is 12.5. The smallest absolute Gasteiger partial charge is 0.159 e. The van der Waals surface area contributed by atoms with Crippen LogP contribution >= 0.6 is 22.7 Å². The standard InChI is InChI=1S/C63H42N2OS.C62H38N2O2S/c1-63(2)53-35-43(44-25-34-59-56(36-44)65-55-20-12-11-19-51(55)60(62(65)67-59)42-16-7-4-8-17-42)23-30-49(53)50-31-28-46(37-54(50)63)64(45-26-21-40(22-27-45)39-13-5-3-6-14-39)47-29-32-52-58(38-47)66-57-33-24-41-15-9-10-18-48(41)61(52)57;1-4-14-39(15-5-1)40-26-30-45(31-27-40)63(54-25-13-23-51-50-22-12-21-47(60(50)66-61(51)54)41-16-6-2-7-17-41)46-32-34-49-48-33-28-44(37-56(48)65-57(49)38-46)43-29-35-58-55(36-43)64-53-24-11-10-20-52(53)59(62(64)67-58)42-18-8-3-9-19-42/h3-38H,1-2H3;1-38H. The Labute approximate surface area is 779 Å². The van der Waals surface area contributed by atoms with Crippen molar-refractivity contribution in [3.8, 4) is 89.0 Å². The summed E-state index contributed by atoms with van der Waals surface area (Å²) in [6.45, 7) is 4.77. The predicted octanol–water partition coefficient (Wildman–Crippen LogP) is 36.4. The third-order valence-electron chi connectivity index (χ3n) is 27.8. The van der Waals surface area contributed by atoms with Crippen molar-refractivity contribution < 1.29 is 13.3 Å². The minimum Gasteiger partial charge on any atom is -0.456 e. The largest absolute Gasteiger partial charge is 0.456 e. The Balaban J connectivity index is 0.000000136. The van der Waals surface area contributed by atoms with Gasteiger partial charge in [0.15, 0.2) is 5.58 Å². The van der Waals surface area contributed by atoms with Gasteiger partial charge in [0.1, 0.15) is 37.6 Å². The van der Waals surface area contributed by atoms with Crippen LogP contribution in [0.4, 0.5) is 34.1 Å². The van der Waals surface area contributed by atoms with Gasteiger partial charge in [-0.05, 0) is 222 Å². The first-order valence-electron chi connectivity index (χ1n) is 45.7. The van der Waals surface area contributed by atoms with Crippen LogP contribution in [0.3, 0.4) is 0 Å². The fraction of sp³-hybridized carbons (Fsp3) is 0.0240. The topological polar surface area (TPSA) is 54.7 Å². The van der Waals surface area contributed by atoms with Gasteiger partial charge in [0.2, 0.25) is 0 Å². The van der Waals surface area contributed by atoms with Crippen molar-refractivity contribution >= 4 is 185 Å². The number of nitrogens with zero attached hydrogens (tertiary/aromatic N) is 4. The molecule has 7 nitrogen and oxygen atoms in total. The maximum absolute atomic E-state index is 7.00. The second-order valence-corrected chi connectivity index (χ2v) is 37.8. The number of furan rings is 3. The second kappa shape index (κ2) is 30.7. The third kappa shape index (κ3) is 12.4. The predicted molar refractivity (Wildman–Crippen MR) is 565 cm³/mol. The van der Waals surface area contributed by atoms with Crippen LogP contribution in [0.15, 0.2) is 462 Å². The van der Waals surface area contributed by atoms with Crippen LogP contribution in [-0.2, 0) is 5.41 Å². The summed E-state index contributed by atoms with van der Waals surface area (Å²) in [6.07, 6.45) is 0. The molecule has 0 spiro atoms. The van der Waals surface area contributed by atoms with Crippen molar-refractivity contribution in [2.24, 2.45) is 0 Å². The minimum absolute atomic E-state index is 0.246. The molecule has 0 aliphatic heterocycles. The number of aromatic nitrogens is 2. The fourth-order valence-electron chi connectivity index (χ4n) is 21.4. The van der Waals surface area contributed by atoms with E-state index in [1.807, 2.05) is 28.7 Å². The lowest BCUT2D eigenvalue weighted by Crippen LogP contribution is -2.16. The van der Waals surface area contributed by atoms with Crippen LogP contribution in [0.5, 0.6) is 0 Å². The van der Waals surface area contributed by atoms with Crippen LogP contribution in [0.25, 0.3) is 218 Å². The van der Waals surface area contributed by atoms with Gasteiger partial charge >= 0.3 is 0 Å². The quantitative estimate of drug-likeness (QED) is 0.115. The molecule has 630 valence electrons. The molecule has 7 heterocycles. The molecule has 134 heavy (non-hydrogen) atoms. The molecular formula is C125H80N4O3S2. The number of hydrogen-bond donors (Lipinski definition) is 0. The van der Waals surface area contributed by atoms with Crippen LogP contribution in [-0.4, -0.2) is 8.80 Å². The Morgan fingerprint density at radius 3 is 1.24 bits per heavy atom. The van der Waals surface area contributed by atoms with Crippen LogP contribution in [0, 0.1) is 0 Å². The SMILES string of the molecule is CC1(C)c2cc(-c3ccc4sc5c(-c6ccccc6)c6ccccc6n5c4c3)ccc2-c2ccc(N(c3ccc(-c4ccccc4)cc3)c3ccc4c(c3)oc3ccc5ccccc5c34)cc21.c1ccc(-c2ccc(N(c3ccc4c(c3)oc3cc(-c5ccc6sc7c(-c8ccccc8)c8ccccc8n7c6c5)ccc34)c3cccc4c3oc3c(-c5ccccc5)cccc34)cc2)cc1. The Morgan fingerprint density at radius 1 is 0.231 bits per heavy atom. The lowest BCUT2D eigenvalue weighted by atomic mass is 9.81. The first-order chi connectivity index (χ1) is 66.2. The highest BCUT2D eigenvalue weighted by molar-refractivity contribution is 7.25. The van der Waals surface area contributed by atoms with Gasteiger partial charge in [0.05, 0.1) is 42.8 Å². The lowest BCUT2D eigenvalue weighted by molar-refractivity contribution is 0.660. The first kappa shape index (κ1) is 77.2. The molecule has 20 aromatic carbocycles. The van der Waals surface area contributed by atoms with Gasteiger partial charge in [-0.3, -0.25) is 8.80 Å². The maximum Gasteiger partial charge on any atom is 0.159 e. The number of thiazole rings is 2. The van der Waals surface area contributed by atoms with Crippen LogP contribution in [0.1, 0.15) is 25.0 Å². The van der Waals surface area contributed by atoms with E-state index in [2.05, 4.69) is 475 Å². The summed E-state index contributed by atoms with van der Waals surface area (Å²) in [7, 11) is 0. The van der Waals surface area contributed by atoms with E-state index in [-0.39, 0.29) is 5.41 Å². The zero-order valence-corrected chi connectivity index (χ0v) is 74.7. The average molecular weight is 1750 g/mol. The van der Waals surface area contributed by atoms with Crippen LogP contribution in [0.2, 0.25) is 0 Å². The van der Waals surface area contributed by atoms with E-state index < -0.39 is 0 Å². The van der Waals surface area contributed by atoms with Crippen molar-refractivity contribution in [3.63, 3.8) is 0 Å². The number of anilines is 6. The van der Waals surface area contributed by atoms with E-state index in [0.29, 0.717) is 0 Å². The molecule has 0 unspecified atom stereocenters. The molecule has 0 saturated heterocycles. The van der Waals surface area contributed by atoms with Gasteiger partial charge in [-0.1, -0.05) is 323 Å². The molecule has 0 bridgehead atoms. The molecule has 0 atom stereocenters. The van der Waals surface area contributed by atoms with Crippen molar-refractivity contribution in [3.05, 3.63) is 460 Å². The Bertz CT molecular complexity index is 9410. The van der Waals surface area contributed by atoms with E-state index in [1.54, 1.807) is 0 Å². The molecule has 0 N–H and O–H groups in total. The highest BCUT2D eigenvalue weighted by Crippen LogP contribution is 2.55. The maximum atomic E-state index is 7.00. The lowest BCUT2D eigenvalue weighted by Gasteiger charge is -2.28. The summed E-state index contributed by atoms with van der Waals surface area (Å²) in [5.41, 5.74) is 37.9. The average Bonchev–Trinajstić information content (AvgIpc) is 1.57. The summed E-state index contributed by atoms with van der Waals surface area (Å²) in [5, 5.41) is 11.6. The van der Waals surface area contributed by atoms with Gasteiger partial charge in [0.25, 0.3) is 0 Å². The molecule has 0 fully saturated rings. The molecule has 1 aliphatic rings. The summed E-state index contributed by atoms with van der Waals surface area (Å²) < 4.78 is 28.0. The Hall–Kier alpha value is -16.8. The van der Waals surface area contributed by atoms with Gasteiger partial charge in [-0.15, -0.1) is 22.7 Å². The van der Waals surface area contributed by atoms with E-state index in [0.717, 1.165) is 128 Å². The van der Waals surface area contributed by atoms with E-state index in [1.165, 1.54) is 135 Å².